The van der Waals surface area contributed by atoms with Gasteiger partial charge in [-0.2, -0.15) is 0 Å². The molecule has 218 valence electrons. The Labute approximate surface area is 247 Å². The molecule has 1 N–H and O–H groups in total. The summed E-state index contributed by atoms with van der Waals surface area (Å²) in [5.41, 5.74) is 2.66. The maximum atomic E-state index is 13.0. The fourth-order valence-corrected chi connectivity index (χ4v) is 4.02. The molecule has 0 aliphatic carbocycles. The fourth-order valence-electron chi connectivity index (χ4n) is 4.02. The molecule has 0 amide bonds. The SMILES string of the molecule is COc1cc(C(=O)c2ccc(F)cc2)ccc1O.COc1cc(C(=O)c2ccc(F)cc2)ccc1OCc1ccccc1. The summed E-state index contributed by atoms with van der Waals surface area (Å²) in [6.07, 6.45) is 0. The number of rotatable bonds is 9. The highest BCUT2D eigenvalue weighted by Crippen LogP contribution is 2.30. The molecular formula is C35H28F2O6. The number of phenolic OH excluding ortho intramolecular Hbond substituents is 1. The maximum Gasteiger partial charge on any atom is 0.193 e. The molecule has 43 heavy (non-hydrogen) atoms. The van der Waals surface area contributed by atoms with Crippen molar-refractivity contribution in [2.24, 2.45) is 0 Å². The topological polar surface area (TPSA) is 82.1 Å². The van der Waals surface area contributed by atoms with Gasteiger partial charge in [0, 0.05) is 22.3 Å². The van der Waals surface area contributed by atoms with E-state index in [0.29, 0.717) is 40.4 Å². The number of aromatic hydroxyl groups is 1. The lowest BCUT2D eigenvalue weighted by Crippen LogP contribution is -2.03. The van der Waals surface area contributed by atoms with E-state index in [-0.39, 0.29) is 28.9 Å². The van der Waals surface area contributed by atoms with E-state index < -0.39 is 5.82 Å². The zero-order valence-corrected chi connectivity index (χ0v) is 23.4. The quantitative estimate of drug-likeness (QED) is 0.182. The van der Waals surface area contributed by atoms with Crippen LogP contribution in [0, 0.1) is 11.6 Å². The number of halogens is 2. The average molecular weight is 583 g/mol. The lowest BCUT2D eigenvalue weighted by Gasteiger charge is -2.12. The summed E-state index contributed by atoms with van der Waals surface area (Å²) in [7, 11) is 2.93. The molecule has 5 rings (SSSR count). The molecule has 0 heterocycles. The first-order chi connectivity index (χ1) is 20.8. The van der Waals surface area contributed by atoms with E-state index >= 15 is 0 Å². The van der Waals surface area contributed by atoms with E-state index in [1.165, 1.54) is 80.9 Å². The van der Waals surface area contributed by atoms with Crippen LogP contribution in [-0.4, -0.2) is 30.9 Å². The molecule has 0 unspecified atom stereocenters. The number of carbonyl (C=O) groups excluding carboxylic acids is 2. The van der Waals surface area contributed by atoms with Crippen molar-refractivity contribution in [1.29, 1.82) is 0 Å². The molecule has 0 fully saturated rings. The number of ether oxygens (including phenoxy) is 3. The van der Waals surface area contributed by atoms with Crippen molar-refractivity contribution in [1.82, 2.24) is 0 Å². The molecular weight excluding hydrogens is 554 g/mol. The van der Waals surface area contributed by atoms with Crippen LogP contribution in [0.4, 0.5) is 8.78 Å². The van der Waals surface area contributed by atoms with Crippen LogP contribution in [0.15, 0.2) is 115 Å². The molecule has 0 atom stereocenters. The predicted molar refractivity (Wildman–Crippen MR) is 158 cm³/mol. The Balaban J connectivity index is 0.000000208. The molecule has 6 nitrogen and oxygen atoms in total. The first-order valence-corrected chi connectivity index (χ1v) is 13.1. The smallest absolute Gasteiger partial charge is 0.193 e. The normalized spacial score (nSPS) is 10.2. The van der Waals surface area contributed by atoms with Crippen LogP contribution in [0.2, 0.25) is 0 Å². The minimum absolute atomic E-state index is 0.0341. The molecule has 5 aromatic carbocycles. The first-order valence-electron chi connectivity index (χ1n) is 13.1. The van der Waals surface area contributed by atoms with Gasteiger partial charge in [-0.15, -0.1) is 0 Å². The van der Waals surface area contributed by atoms with E-state index in [1.807, 2.05) is 30.3 Å². The number of carbonyl (C=O) groups is 2. The van der Waals surface area contributed by atoms with E-state index in [0.717, 1.165) is 5.56 Å². The minimum Gasteiger partial charge on any atom is -0.504 e. The van der Waals surface area contributed by atoms with Gasteiger partial charge in [0.05, 0.1) is 14.2 Å². The third kappa shape index (κ3) is 8.04. The van der Waals surface area contributed by atoms with Crippen molar-refractivity contribution >= 4 is 11.6 Å². The maximum absolute atomic E-state index is 13.0. The summed E-state index contributed by atoms with van der Waals surface area (Å²) in [6, 6.07) is 29.8. The van der Waals surface area contributed by atoms with Crippen LogP contribution in [0.3, 0.4) is 0 Å². The highest BCUT2D eigenvalue weighted by Gasteiger charge is 2.14. The van der Waals surface area contributed by atoms with Crippen LogP contribution in [0.5, 0.6) is 23.0 Å². The molecule has 0 aromatic heterocycles. The number of hydrogen-bond donors (Lipinski definition) is 1. The number of hydrogen-bond acceptors (Lipinski definition) is 6. The number of methoxy groups -OCH3 is 2. The Hall–Kier alpha value is -5.50. The van der Waals surface area contributed by atoms with Gasteiger partial charge >= 0.3 is 0 Å². The summed E-state index contributed by atoms with van der Waals surface area (Å²) in [5, 5.41) is 9.44. The fraction of sp³-hybridized carbons (Fsp3) is 0.0857. The molecule has 0 aliphatic heterocycles. The van der Waals surface area contributed by atoms with Gasteiger partial charge in [0.15, 0.2) is 34.6 Å². The Morgan fingerprint density at radius 1 is 0.581 bits per heavy atom. The first kappa shape index (κ1) is 30.5. The lowest BCUT2D eigenvalue weighted by atomic mass is 10.0. The Morgan fingerprint density at radius 3 is 1.56 bits per heavy atom. The van der Waals surface area contributed by atoms with Crippen LogP contribution in [-0.2, 0) is 6.61 Å². The van der Waals surface area contributed by atoms with Gasteiger partial charge in [-0.1, -0.05) is 30.3 Å². The molecule has 5 aromatic rings. The molecule has 0 bridgehead atoms. The van der Waals surface area contributed by atoms with Crippen LogP contribution < -0.4 is 14.2 Å². The second kappa shape index (κ2) is 14.4. The lowest BCUT2D eigenvalue weighted by molar-refractivity contribution is 0.103. The molecule has 0 saturated heterocycles. The van der Waals surface area contributed by atoms with Gasteiger partial charge < -0.3 is 19.3 Å². The van der Waals surface area contributed by atoms with Crippen LogP contribution >= 0.6 is 0 Å². The third-order valence-corrected chi connectivity index (χ3v) is 6.32. The van der Waals surface area contributed by atoms with Crippen molar-refractivity contribution < 1.29 is 37.7 Å². The van der Waals surface area contributed by atoms with E-state index in [4.69, 9.17) is 14.2 Å². The van der Waals surface area contributed by atoms with E-state index in [1.54, 1.807) is 18.2 Å². The van der Waals surface area contributed by atoms with Crippen LogP contribution in [0.25, 0.3) is 0 Å². The molecule has 0 saturated carbocycles. The minimum atomic E-state index is -0.394. The average Bonchev–Trinajstić information content (AvgIpc) is 3.05. The van der Waals surface area contributed by atoms with Gasteiger partial charge in [-0.05, 0) is 90.5 Å². The van der Waals surface area contributed by atoms with Crippen LogP contribution in [0.1, 0.15) is 37.4 Å². The Bertz CT molecular complexity index is 1680. The number of phenols is 1. The van der Waals surface area contributed by atoms with Crippen molar-refractivity contribution in [3.8, 4) is 23.0 Å². The highest BCUT2D eigenvalue weighted by molar-refractivity contribution is 6.09. The monoisotopic (exact) mass is 582 g/mol. The number of benzene rings is 5. The Morgan fingerprint density at radius 2 is 1.05 bits per heavy atom. The van der Waals surface area contributed by atoms with E-state index in [9.17, 15) is 23.5 Å². The second-order valence-electron chi connectivity index (χ2n) is 9.20. The highest BCUT2D eigenvalue weighted by atomic mass is 19.1. The summed E-state index contributed by atoms with van der Waals surface area (Å²) in [5.74, 6) is -0.00291. The van der Waals surface area contributed by atoms with Gasteiger partial charge in [0.1, 0.15) is 18.2 Å². The zero-order valence-electron chi connectivity index (χ0n) is 23.4. The summed E-state index contributed by atoms with van der Waals surface area (Å²) >= 11 is 0. The molecule has 0 spiro atoms. The number of ketones is 2. The van der Waals surface area contributed by atoms with Crippen molar-refractivity contribution in [3.05, 3.63) is 155 Å². The zero-order chi connectivity index (χ0) is 30.8. The van der Waals surface area contributed by atoms with Crippen molar-refractivity contribution in [3.63, 3.8) is 0 Å². The summed E-state index contributed by atoms with van der Waals surface area (Å²) in [6.45, 7) is 0.405. The third-order valence-electron chi connectivity index (χ3n) is 6.32. The van der Waals surface area contributed by atoms with E-state index in [2.05, 4.69) is 0 Å². The van der Waals surface area contributed by atoms with Crippen molar-refractivity contribution in [2.45, 2.75) is 6.61 Å². The van der Waals surface area contributed by atoms with Gasteiger partial charge in [0.2, 0.25) is 0 Å². The van der Waals surface area contributed by atoms with Gasteiger partial charge in [0.25, 0.3) is 0 Å². The van der Waals surface area contributed by atoms with Gasteiger partial charge in [-0.3, -0.25) is 9.59 Å². The molecule has 0 aliphatic rings. The van der Waals surface area contributed by atoms with Gasteiger partial charge in [-0.25, -0.2) is 8.78 Å². The Kier molecular flexibility index (Phi) is 10.2. The standard InChI is InChI=1S/C21H17FO3.C14H11FO3/c1-24-20-13-17(21(23)16-7-10-18(22)11-8-16)9-12-19(20)25-14-15-5-3-2-4-6-15;1-18-13-8-10(4-7-12(13)16)14(17)9-2-5-11(15)6-3-9/h2-13H,14H2,1H3;2-8,16H,1H3. The molecule has 0 radical (unpaired) electrons. The van der Waals surface area contributed by atoms with Crippen molar-refractivity contribution in [2.75, 3.05) is 14.2 Å². The summed E-state index contributed by atoms with van der Waals surface area (Å²) < 4.78 is 41.8. The largest absolute Gasteiger partial charge is 0.504 e. The predicted octanol–water partition coefficient (Wildman–Crippen LogP) is 7.42. The second-order valence-corrected chi connectivity index (χ2v) is 9.20. The molecule has 8 heteroatoms. The summed E-state index contributed by atoms with van der Waals surface area (Å²) in [4.78, 5) is 24.6.